The molecule has 0 saturated heterocycles. The fourth-order valence-electron chi connectivity index (χ4n) is 5.77. The molecule has 5 nitrogen and oxygen atoms in total. The molecule has 0 aliphatic heterocycles. The van der Waals surface area contributed by atoms with Crippen LogP contribution >= 0.6 is 0 Å². The summed E-state index contributed by atoms with van der Waals surface area (Å²) >= 11 is 0. The monoisotopic (exact) mass is 516 g/mol. The molecule has 1 aliphatic rings. The van der Waals surface area contributed by atoms with E-state index in [1.165, 1.54) is 22.3 Å². The van der Waals surface area contributed by atoms with Gasteiger partial charge in [-0.3, -0.25) is 4.90 Å². The van der Waals surface area contributed by atoms with Crippen LogP contribution in [0.15, 0.2) is 60.7 Å². The summed E-state index contributed by atoms with van der Waals surface area (Å²) in [6.07, 6.45) is 3.86. The van der Waals surface area contributed by atoms with E-state index in [-0.39, 0.29) is 0 Å². The zero-order valence-electron chi connectivity index (χ0n) is 23.7. The Morgan fingerprint density at radius 2 is 1.53 bits per heavy atom. The van der Waals surface area contributed by atoms with Crippen molar-refractivity contribution in [3.05, 3.63) is 82.9 Å². The highest BCUT2D eigenvalue weighted by Gasteiger charge is 2.24. The highest BCUT2D eigenvalue weighted by Crippen LogP contribution is 2.39. The molecule has 1 unspecified atom stereocenters. The maximum atomic E-state index is 10.3. The van der Waals surface area contributed by atoms with Gasteiger partial charge < -0.3 is 19.8 Å². The number of nitrogens with zero attached hydrogens (tertiary/aromatic N) is 2. The van der Waals surface area contributed by atoms with Gasteiger partial charge in [-0.1, -0.05) is 24.3 Å². The first kappa shape index (κ1) is 27.8. The van der Waals surface area contributed by atoms with E-state index >= 15 is 0 Å². The lowest BCUT2D eigenvalue weighted by atomic mass is 9.79. The third-order valence-electron chi connectivity index (χ3n) is 7.89. The van der Waals surface area contributed by atoms with Crippen molar-refractivity contribution in [3.63, 3.8) is 0 Å². The van der Waals surface area contributed by atoms with Crippen LogP contribution < -0.4 is 9.64 Å². The largest absolute Gasteiger partial charge is 0.508 e. The molecule has 2 N–H and O–H groups in total. The zero-order chi connectivity index (χ0) is 27.2. The number of hydrogen-bond acceptors (Lipinski definition) is 5. The van der Waals surface area contributed by atoms with Gasteiger partial charge in [-0.2, -0.15) is 0 Å². The zero-order valence-corrected chi connectivity index (χ0v) is 23.7. The van der Waals surface area contributed by atoms with E-state index in [0.717, 1.165) is 50.2 Å². The van der Waals surface area contributed by atoms with Crippen LogP contribution in [0.4, 0.5) is 5.69 Å². The first-order chi connectivity index (χ1) is 18.2. The van der Waals surface area contributed by atoms with E-state index < -0.39 is 0 Å². The number of likely N-dealkylation sites (N-methyl/N-ethyl adjacent to an activating group) is 1. The number of fused-ring (bicyclic) bond motifs is 1. The van der Waals surface area contributed by atoms with Crippen molar-refractivity contribution in [2.75, 3.05) is 31.6 Å². The van der Waals surface area contributed by atoms with Gasteiger partial charge in [0.25, 0.3) is 0 Å². The lowest BCUT2D eigenvalue weighted by Crippen LogP contribution is -2.39. The van der Waals surface area contributed by atoms with E-state index in [0.29, 0.717) is 36.1 Å². The number of aromatic hydroxyl groups is 2. The van der Waals surface area contributed by atoms with Gasteiger partial charge in [-0.25, -0.2) is 0 Å². The molecule has 3 aromatic rings. The molecule has 1 aliphatic carbocycles. The summed E-state index contributed by atoms with van der Waals surface area (Å²) in [5.74, 6) is 1.95. The average Bonchev–Trinajstić information content (AvgIpc) is 2.89. The maximum Gasteiger partial charge on any atom is 0.119 e. The summed E-state index contributed by atoms with van der Waals surface area (Å²) in [5.41, 5.74) is 6.20. The second kappa shape index (κ2) is 12.6. The second-order valence-corrected chi connectivity index (χ2v) is 11.2. The molecule has 3 aromatic carbocycles. The number of phenols is 2. The lowest BCUT2D eigenvalue weighted by Gasteiger charge is -2.30. The van der Waals surface area contributed by atoms with E-state index in [9.17, 15) is 10.2 Å². The fraction of sp³-hybridized carbons (Fsp3) is 0.455. The smallest absolute Gasteiger partial charge is 0.119 e. The molecular weight excluding hydrogens is 472 g/mol. The highest BCUT2D eigenvalue weighted by molar-refractivity contribution is 5.59. The summed E-state index contributed by atoms with van der Waals surface area (Å²) in [6, 6.07) is 21.0. The van der Waals surface area contributed by atoms with Gasteiger partial charge in [0.15, 0.2) is 0 Å². The van der Waals surface area contributed by atoms with E-state index in [2.05, 4.69) is 80.9 Å². The molecule has 5 heteroatoms. The van der Waals surface area contributed by atoms with Crippen LogP contribution in [0.25, 0.3) is 0 Å². The molecule has 0 fully saturated rings. The van der Waals surface area contributed by atoms with Crippen molar-refractivity contribution in [2.24, 2.45) is 0 Å². The Morgan fingerprint density at radius 3 is 2.24 bits per heavy atom. The van der Waals surface area contributed by atoms with Crippen LogP contribution in [0.5, 0.6) is 17.2 Å². The molecule has 204 valence electrons. The number of hydrogen-bond donors (Lipinski definition) is 2. The molecule has 0 radical (unpaired) electrons. The molecule has 4 rings (SSSR count). The Labute approximate surface area is 228 Å². The predicted octanol–water partition coefficient (Wildman–Crippen LogP) is 6.55. The summed E-state index contributed by atoms with van der Waals surface area (Å²) in [4.78, 5) is 4.70. The summed E-state index contributed by atoms with van der Waals surface area (Å²) in [6.45, 7) is 11.4. The predicted molar refractivity (Wildman–Crippen MR) is 157 cm³/mol. The fourth-order valence-corrected chi connectivity index (χ4v) is 5.77. The Morgan fingerprint density at radius 1 is 0.842 bits per heavy atom. The maximum absolute atomic E-state index is 10.3. The molecule has 0 spiro atoms. The van der Waals surface area contributed by atoms with Crippen LogP contribution in [0.2, 0.25) is 0 Å². The van der Waals surface area contributed by atoms with Gasteiger partial charge >= 0.3 is 0 Å². The topological polar surface area (TPSA) is 56.2 Å². The lowest BCUT2D eigenvalue weighted by molar-refractivity contribution is 0.142. The average molecular weight is 517 g/mol. The molecule has 0 saturated carbocycles. The van der Waals surface area contributed by atoms with Crippen LogP contribution in [-0.4, -0.2) is 53.9 Å². The molecule has 0 aromatic heterocycles. The van der Waals surface area contributed by atoms with Crippen molar-refractivity contribution in [1.82, 2.24) is 4.90 Å². The van der Waals surface area contributed by atoms with Gasteiger partial charge in [0.05, 0.1) is 0 Å². The minimum Gasteiger partial charge on any atom is -0.508 e. The molecular formula is C33H44N2O3. The normalized spacial score (nSPS) is 15.2. The number of phenolic OH excluding ortho intramolecular Hbond substituents is 2. The van der Waals surface area contributed by atoms with E-state index in [4.69, 9.17) is 4.74 Å². The number of anilines is 1. The van der Waals surface area contributed by atoms with Gasteiger partial charge in [0.1, 0.15) is 23.9 Å². The number of rotatable bonds is 11. The summed E-state index contributed by atoms with van der Waals surface area (Å²) in [7, 11) is 2.11. The van der Waals surface area contributed by atoms with Crippen LogP contribution in [0.1, 0.15) is 62.3 Å². The van der Waals surface area contributed by atoms with Crippen LogP contribution in [0, 0.1) is 0 Å². The summed E-state index contributed by atoms with van der Waals surface area (Å²) in [5, 5.41) is 20.1. The molecule has 0 amide bonds. The van der Waals surface area contributed by atoms with Gasteiger partial charge in [-0.05, 0) is 112 Å². The Hall–Kier alpha value is -3.18. The third-order valence-corrected chi connectivity index (χ3v) is 7.89. The molecule has 0 heterocycles. The minimum atomic E-state index is 0.298. The SMILES string of the molecule is CC(C)N(CCOc1ccc(CCN(C)c2cc(O)ccc2C2CCc3cc(O)ccc3C2)cc1)C(C)C. The van der Waals surface area contributed by atoms with Crippen molar-refractivity contribution in [3.8, 4) is 17.2 Å². The standard InChI is InChI=1S/C33H44N2O3/c1-23(2)35(24(3)4)18-19-38-31-13-6-25(7-14-31)16-17-34(5)33-22-30(37)12-15-32(33)28-9-8-27-21-29(36)11-10-26(27)20-28/h6-7,10-15,21-24,28,36-37H,8-9,16-20H2,1-5H3. The summed E-state index contributed by atoms with van der Waals surface area (Å²) < 4.78 is 6.02. The molecule has 1 atom stereocenters. The van der Waals surface area contributed by atoms with Crippen molar-refractivity contribution < 1.29 is 14.9 Å². The van der Waals surface area contributed by atoms with Gasteiger partial charge in [0, 0.05) is 44.0 Å². The first-order valence-corrected chi connectivity index (χ1v) is 14.0. The number of benzene rings is 3. The van der Waals surface area contributed by atoms with Crippen molar-refractivity contribution >= 4 is 5.69 Å². The third kappa shape index (κ3) is 7.02. The quantitative estimate of drug-likeness (QED) is 0.303. The van der Waals surface area contributed by atoms with Crippen LogP contribution in [-0.2, 0) is 19.3 Å². The number of ether oxygens (including phenoxy) is 1. The molecule has 38 heavy (non-hydrogen) atoms. The molecule has 0 bridgehead atoms. The Bertz CT molecular complexity index is 1180. The second-order valence-electron chi connectivity index (χ2n) is 11.2. The van der Waals surface area contributed by atoms with Gasteiger partial charge in [0.2, 0.25) is 0 Å². The van der Waals surface area contributed by atoms with Crippen LogP contribution in [0.3, 0.4) is 0 Å². The number of aryl methyl sites for hydroxylation is 1. The van der Waals surface area contributed by atoms with Gasteiger partial charge in [-0.15, -0.1) is 0 Å². The first-order valence-electron chi connectivity index (χ1n) is 14.0. The minimum absolute atomic E-state index is 0.298. The van der Waals surface area contributed by atoms with Crippen molar-refractivity contribution in [2.45, 2.75) is 71.4 Å². The van der Waals surface area contributed by atoms with Crippen molar-refractivity contribution in [1.29, 1.82) is 0 Å². The van der Waals surface area contributed by atoms with E-state index in [1.54, 1.807) is 12.1 Å². The highest BCUT2D eigenvalue weighted by atomic mass is 16.5. The van der Waals surface area contributed by atoms with E-state index in [1.807, 2.05) is 12.1 Å². The Balaban J connectivity index is 1.35. The Kier molecular flexibility index (Phi) is 9.22.